The largest absolute Gasteiger partial charge is 0.454 e. The van der Waals surface area contributed by atoms with Crippen LogP contribution in [-0.4, -0.2) is 22.8 Å². The molecular weight excluding hydrogens is 288 g/mol. The first-order chi connectivity index (χ1) is 10.8. The van der Waals surface area contributed by atoms with E-state index in [1.807, 2.05) is 19.9 Å². The molecule has 0 amide bonds. The predicted octanol–water partition coefficient (Wildman–Crippen LogP) is 4.47. The molecule has 0 spiro atoms. The lowest BCUT2D eigenvalue weighted by atomic mass is 9.81. The lowest BCUT2D eigenvalue weighted by molar-refractivity contribution is -0.145. The van der Waals surface area contributed by atoms with Crippen LogP contribution in [0.15, 0.2) is 34.9 Å². The van der Waals surface area contributed by atoms with Gasteiger partial charge in [0.05, 0.1) is 5.60 Å². The summed E-state index contributed by atoms with van der Waals surface area (Å²) in [5.74, 6) is -0.287. The Morgan fingerprint density at radius 1 is 1.09 bits per heavy atom. The molecule has 1 aliphatic heterocycles. The van der Waals surface area contributed by atoms with E-state index in [1.165, 1.54) is 11.1 Å². The Labute approximate surface area is 140 Å². The van der Waals surface area contributed by atoms with E-state index in [1.54, 1.807) is 0 Å². The van der Waals surface area contributed by atoms with E-state index in [0.29, 0.717) is 0 Å². The molecule has 0 fully saturated rings. The molecule has 2 atom stereocenters. The van der Waals surface area contributed by atoms with E-state index in [0.717, 1.165) is 44.1 Å². The van der Waals surface area contributed by atoms with Crippen molar-refractivity contribution in [2.24, 2.45) is 5.92 Å². The van der Waals surface area contributed by atoms with Gasteiger partial charge in [0.25, 0.3) is 0 Å². The summed E-state index contributed by atoms with van der Waals surface area (Å²) in [7, 11) is 0. The first kappa shape index (κ1) is 18.0. The molecule has 0 saturated carbocycles. The van der Waals surface area contributed by atoms with E-state index in [9.17, 15) is 9.90 Å². The van der Waals surface area contributed by atoms with Crippen molar-refractivity contribution in [1.29, 1.82) is 0 Å². The van der Waals surface area contributed by atoms with Gasteiger partial charge in [0.2, 0.25) is 0 Å². The molecular formula is C20H30O3. The Morgan fingerprint density at radius 3 is 2.35 bits per heavy atom. The van der Waals surface area contributed by atoms with Gasteiger partial charge in [0.1, 0.15) is 6.10 Å². The van der Waals surface area contributed by atoms with Crippen molar-refractivity contribution in [3.05, 3.63) is 34.9 Å². The van der Waals surface area contributed by atoms with Crippen molar-refractivity contribution >= 4 is 5.97 Å². The summed E-state index contributed by atoms with van der Waals surface area (Å²) in [6, 6.07) is 0. The van der Waals surface area contributed by atoms with Crippen LogP contribution >= 0.6 is 0 Å². The summed E-state index contributed by atoms with van der Waals surface area (Å²) < 4.78 is 5.57. The monoisotopic (exact) mass is 318 g/mol. The van der Waals surface area contributed by atoms with Gasteiger partial charge in [0.15, 0.2) is 0 Å². The van der Waals surface area contributed by atoms with Gasteiger partial charge in [-0.3, -0.25) is 0 Å². The highest BCUT2D eigenvalue weighted by atomic mass is 16.5. The normalized spacial score (nSPS) is 32.0. The van der Waals surface area contributed by atoms with Gasteiger partial charge in [-0.15, -0.1) is 0 Å². The molecule has 0 aromatic heterocycles. The second kappa shape index (κ2) is 7.48. The van der Waals surface area contributed by atoms with Gasteiger partial charge >= 0.3 is 5.97 Å². The zero-order chi connectivity index (χ0) is 17.0. The van der Waals surface area contributed by atoms with E-state index in [2.05, 4.69) is 26.0 Å². The highest BCUT2D eigenvalue weighted by Gasteiger charge is 2.38. The van der Waals surface area contributed by atoms with Gasteiger partial charge in [-0.05, 0) is 72.3 Å². The molecule has 2 rings (SSSR count). The topological polar surface area (TPSA) is 46.5 Å². The fourth-order valence-corrected chi connectivity index (χ4v) is 3.41. The fourth-order valence-electron chi connectivity index (χ4n) is 3.41. The molecule has 1 unspecified atom stereocenters. The second-order valence-corrected chi connectivity index (χ2v) is 7.54. The van der Waals surface area contributed by atoms with Gasteiger partial charge in [-0.2, -0.15) is 0 Å². The van der Waals surface area contributed by atoms with Crippen LogP contribution in [0.5, 0.6) is 0 Å². The summed E-state index contributed by atoms with van der Waals surface area (Å²) in [5, 5.41) is 10.5. The zero-order valence-corrected chi connectivity index (χ0v) is 14.9. The van der Waals surface area contributed by atoms with E-state index < -0.39 is 5.60 Å². The quantitative estimate of drug-likeness (QED) is 0.573. The van der Waals surface area contributed by atoms with E-state index >= 15 is 0 Å². The molecule has 0 radical (unpaired) electrons. The number of rotatable bonds is 1. The second-order valence-electron chi connectivity index (χ2n) is 7.54. The lowest BCUT2D eigenvalue weighted by Crippen LogP contribution is -2.39. The van der Waals surface area contributed by atoms with Crippen molar-refractivity contribution in [2.75, 3.05) is 0 Å². The third kappa shape index (κ3) is 5.07. The van der Waals surface area contributed by atoms with E-state index in [-0.39, 0.29) is 18.0 Å². The van der Waals surface area contributed by atoms with Crippen molar-refractivity contribution in [3.63, 3.8) is 0 Å². The van der Waals surface area contributed by atoms with Crippen LogP contribution < -0.4 is 0 Å². The minimum Gasteiger partial charge on any atom is -0.454 e. The summed E-state index contributed by atoms with van der Waals surface area (Å²) in [5.41, 5.74) is 2.62. The average molecular weight is 318 g/mol. The molecule has 2 aliphatic rings. The Balaban J connectivity index is 2.25. The molecule has 128 valence electrons. The van der Waals surface area contributed by atoms with Crippen LogP contribution in [0.2, 0.25) is 0 Å². The van der Waals surface area contributed by atoms with Gasteiger partial charge in [0, 0.05) is 11.5 Å². The molecule has 0 aromatic rings. The van der Waals surface area contributed by atoms with Crippen LogP contribution in [0.25, 0.3) is 0 Å². The SMILES string of the molecule is C/C1=C\CCC2=C[C@H](OC2=O)C(C(C)(C)O)CC/C(C)=C/CC1. The summed E-state index contributed by atoms with van der Waals surface area (Å²) >= 11 is 0. The van der Waals surface area contributed by atoms with Gasteiger partial charge in [-0.1, -0.05) is 23.3 Å². The van der Waals surface area contributed by atoms with Gasteiger partial charge < -0.3 is 9.84 Å². The number of esters is 1. The van der Waals surface area contributed by atoms with Gasteiger partial charge in [-0.25, -0.2) is 4.79 Å². The number of carbonyl (C=O) groups excluding carboxylic acids is 1. The van der Waals surface area contributed by atoms with Crippen molar-refractivity contribution < 1.29 is 14.6 Å². The minimum absolute atomic E-state index is 0.0764. The van der Waals surface area contributed by atoms with Crippen LogP contribution in [0, 0.1) is 5.92 Å². The highest BCUT2D eigenvalue weighted by molar-refractivity contribution is 5.90. The van der Waals surface area contributed by atoms with Crippen LogP contribution in [0.4, 0.5) is 0 Å². The summed E-state index contributed by atoms with van der Waals surface area (Å²) in [6.07, 6.45) is 11.6. The number of aliphatic hydroxyl groups is 1. The number of fused-ring (bicyclic) bond motifs is 1. The number of allylic oxidation sites excluding steroid dienone is 4. The first-order valence-electron chi connectivity index (χ1n) is 8.72. The Hall–Kier alpha value is -1.35. The molecule has 2 bridgehead atoms. The number of carbonyl (C=O) groups is 1. The summed E-state index contributed by atoms with van der Waals surface area (Å²) in [6.45, 7) is 7.93. The average Bonchev–Trinajstić information content (AvgIpc) is 2.78. The molecule has 23 heavy (non-hydrogen) atoms. The standard InChI is InChI=1S/C20H30O3/c1-14-7-5-8-15(2)11-12-17(20(3,4)22)18-13-16(10-6-9-14)19(21)23-18/h8-9,13,17-18,22H,5-7,10-12H2,1-4H3/b14-9+,15-8+/t17?,18-/m0/s1. The molecule has 3 nitrogen and oxygen atoms in total. The highest BCUT2D eigenvalue weighted by Crippen LogP contribution is 2.34. The first-order valence-corrected chi connectivity index (χ1v) is 8.72. The number of hydrogen-bond acceptors (Lipinski definition) is 3. The minimum atomic E-state index is -0.870. The number of ether oxygens (including phenoxy) is 1. The van der Waals surface area contributed by atoms with Crippen molar-refractivity contribution in [2.45, 2.75) is 77.9 Å². The maximum atomic E-state index is 12.1. The summed E-state index contributed by atoms with van der Waals surface area (Å²) in [4.78, 5) is 12.1. The van der Waals surface area contributed by atoms with Crippen LogP contribution in [0.1, 0.15) is 66.2 Å². The Kier molecular flexibility index (Phi) is 5.85. The molecule has 3 heteroatoms. The maximum Gasteiger partial charge on any atom is 0.334 e. The molecule has 1 aliphatic carbocycles. The molecule has 1 N–H and O–H groups in total. The Bertz CT molecular complexity index is 532. The Morgan fingerprint density at radius 2 is 1.70 bits per heavy atom. The fraction of sp³-hybridized carbons (Fsp3) is 0.650. The van der Waals surface area contributed by atoms with Crippen molar-refractivity contribution in [3.8, 4) is 0 Å². The lowest BCUT2D eigenvalue weighted by Gasteiger charge is -2.32. The number of hydrogen-bond donors (Lipinski definition) is 1. The van der Waals surface area contributed by atoms with E-state index in [4.69, 9.17) is 4.74 Å². The maximum absolute atomic E-state index is 12.1. The molecule has 0 aromatic carbocycles. The third-order valence-electron chi connectivity index (χ3n) is 4.96. The smallest absolute Gasteiger partial charge is 0.334 e. The molecule has 1 heterocycles. The van der Waals surface area contributed by atoms with Crippen molar-refractivity contribution in [1.82, 2.24) is 0 Å². The van der Waals surface area contributed by atoms with Crippen LogP contribution in [0.3, 0.4) is 0 Å². The third-order valence-corrected chi connectivity index (χ3v) is 4.96. The predicted molar refractivity (Wildman–Crippen MR) is 93.0 cm³/mol. The zero-order valence-electron chi connectivity index (χ0n) is 14.9. The molecule has 0 saturated heterocycles. The van der Waals surface area contributed by atoms with Crippen LogP contribution in [-0.2, 0) is 9.53 Å².